The van der Waals surface area contributed by atoms with Crippen molar-refractivity contribution in [2.75, 3.05) is 18.1 Å². The fourth-order valence-electron chi connectivity index (χ4n) is 4.99. The number of carboxylic acid groups (broad SMARTS) is 1. The van der Waals surface area contributed by atoms with Crippen LogP contribution in [-0.2, 0) is 11.3 Å². The third kappa shape index (κ3) is 5.39. The van der Waals surface area contributed by atoms with Gasteiger partial charge in [0.05, 0.1) is 22.4 Å². The highest BCUT2D eigenvalue weighted by Crippen LogP contribution is 2.39. The Morgan fingerprint density at radius 3 is 2.40 bits per heavy atom. The monoisotopic (exact) mass is 592 g/mol. The molecule has 9 heteroatoms. The van der Waals surface area contributed by atoms with Gasteiger partial charge in [0.1, 0.15) is 23.9 Å². The number of fused-ring (bicyclic) bond motifs is 2. The van der Waals surface area contributed by atoms with Gasteiger partial charge in [-0.1, -0.05) is 78.2 Å². The van der Waals surface area contributed by atoms with Crippen LogP contribution in [0.5, 0.6) is 5.75 Å². The Hall–Kier alpha value is -4.86. The number of thiazole rings is 1. The van der Waals surface area contributed by atoms with Crippen LogP contribution < -0.4 is 14.5 Å². The average molecular weight is 593 g/mol. The number of anilines is 1. The van der Waals surface area contributed by atoms with Crippen LogP contribution in [0.3, 0.4) is 0 Å². The number of ketones is 1. The topological polar surface area (TPSA) is 88.8 Å². The Labute approximate surface area is 250 Å². The lowest BCUT2D eigenvalue weighted by Crippen LogP contribution is -2.30. The van der Waals surface area contributed by atoms with Crippen LogP contribution in [0.4, 0.5) is 5.69 Å². The van der Waals surface area contributed by atoms with E-state index in [4.69, 9.17) is 17.0 Å². The summed E-state index contributed by atoms with van der Waals surface area (Å²) in [7, 11) is 0. The van der Waals surface area contributed by atoms with Crippen molar-refractivity contribution in [3.05, 3.63) is 129 Å². The molecule has 0 spiro atoms. The molecule has 6 rings (SSSR count). The summed E-state index contributed by atoms with van der Waals surface area (Å²) in [5.41, 5.74) is 4.82. The summed E-state index contributed by atoms with van der Waals surface area (Å²) in [5, 5.41) is 9.51. The van der Waals surface area contributed by atoms with Crippen molar-refractivity contribution in [3.8, 4) is 5.75 Å². The SMILES string of the molecule is O=C(O)CN1C(=S)/C(=C/c2ccc(OCCn3c(=O)sc4ccccc43)cc2)c2cc(C(=O)c3ccccc3)ccc21. The second-order valence-electron chi connectivity index (χ2n) is 9.67. The van der Waals surface area contributed by atoms with Crippen molar-refractivity contribution >= 4 is 67.8 Å². The first-order valence-corrected chi connectivity index (χ1v) is 14.4. The van der Waals surface area contributed by atoms with Gasteiger partial charge >= 0.3 is 10.8 Å². The molecule has 0 bridgehead atoms. The lowest BCUT2D eigenvalue weighted by atomic mass is 9.97. The lowest BCUT2D eigenvalue weighted by Gasteiger charge is -2.16. The highest BCUT2D eigenvalue weighted by atomic mass is 32.1. The molecule has 0 radical (unpaired) electrons. The highest BCUT2D eigenvalue weighted by molar-refractivity contribution is 7.81. The van der Waals surface area contributed by atoms with E-state index in [9.17, 15) is 19.5 Å². The maximum Gasteiger partial charge on any atom is 0.323 e. The molecule has 208 valence electrons. The van der Waals surface area contributed by atoms with E-state index in [1.165, 1.54) is 11.3 Å². The second kappa shape index (κ2) is 11.6. The predicted molar refractivity (Wildman–Crippen MR) is 170 cm³/mol. The van der Waals surface area contributed by atoms with E-state index >= 15 is 0 Å². The molecule has 1 N–H and O–H groups in total. The summed E-state index contributed by atoms with van der Waals surface area (Å²) in [5.74, 6) is -0.477. The maximum absolute atomic E-state index is 13.1. The highest BCUT2D eigenvalue weighted by Gasteiger charge is 2.31. The van der Waals surface area contributed by atoms with E-state index in [2.05, 4.69) is 0 Å². The van der Waals surface area contributed by atoms with Gasteiger partial charge < -0.3 is 14.7 Å². The molecule has 5 aromatic rings. The van der Waals surface area contributed by atoms with Crippen LogP contribution in [-0.4, -0.2) is 39.6 Å². The van der Waals surface area contributed by atoms with E-state index in [-0.39, 0.29) is 17.2 Å². The van der Waals surface area contributed by atoms with Crippen molar-refractivity contribution in [2.24, 2.45) is 0 Å². The molecule has 0 saturated carbocycles. The molecule has 4 aromatic carbocycles. The number of nitrogens with zero attached hydrogens (tertiary/aromatic N) is 2. The number of thiocarbonyl (C=S) groups is 1. The zero-order valence-electron chi connectivity index (χ0n) is 22.2. The summed E-state index contributed by atoms with van der Waals surface area (Å²) in [4.78, 5) is 39.1. The number of rotatable bonds is 9. The fourth-order valence-corrected chi connectivity index (χ4v) is 6.24. The number of ether oxygens (including phenoxy) is 1. The van der Waals surface area contributed by atoms with Gasteiger partial charge in [-0.3, -0.25) is 19.0 Å². The van der Waals surface area contributed by atoms with Crippen molar-refractivity contribution in [3.63, 3.8) is 0 Å². The molecule has 0 amide bonds. The van der Waals surface area contributed by atoms with E-state index in [0.717, 1.165) is 15.8 Å². The van der Waals surface area contributed by atoms with Gasteiger partial charge in [0.15, 0.2) is 5.78 Å². The maximum atomic E-state index is 13.1. The van der Waals surface area contributed by atoms with Gasteiger partial charge in [-0.15, -0.1) is 0 Å². The zero-order valence-corrected chi connectivity index (χ0v) is 23.9. The number of carboxylic acids is 1. The summed E-state index contributed by atoms with van der Waals surface area (Å²) >= 11 is 6.93. The number of carbonyl (C=O) groups excluding carboxylic acids is 1. The van der Waals surface area contributed by atoms with Crippen LogP contribution in [0.1, 0.15) is 27.0 Å². The van der Waals surface area contributed by atoms with Gasteiger partial charge in [-0.25, -0.2) is 0 Å². The van der Waals surface area contributed by atoms with Crippen molar-refractivity contribution in [2.45, 2.75) is 6.54 Å². The van der Waals surface area contributed by atoms with Gasteiger partial charge in [0, 0.05) is 22.3 Å². The summed E-state index contributed by atoms with van der Waals surface area (Å²) < 4.78 is 8.59. The molecule has 0 unspecified atom stereocenters. The molecule has 1 aliphatic heterocycles. The minimum absolute atomic E-state index is 0.0137. The van der Waals surface area contributed by atoms with Crippen molar-refractivity contribution in [1.82, 2.24) is 4.57 Å². The Morgan fingerprint density at radius 2 is 1.64 bits per heavy atom. The van der Waals surface area contributed by atoms with Gasteiger partial charge in [-0.2, -0.15) is 0 Å². The molecule has 42 heavy (non-hydrogen) atoms. The number of carbonyl (C=O) groups is 2. The minimum Gasteiger partial charge on any atom is -0.492 e. The van der Waals surface area contributed by atoms with Crippen molar-refractivity contribution < 1.29 is 19.4 Å². The Balaban J connectivity index is 1.23. The van der Waals surface area contributed by atoms with Crippen LogP contribution in [0, 0.1) is 0 Å². The first kappa shape index (κ1) is 27.3. The summed E-state index contributed by atoms with van der Waals surface area (Å²) in [6.45, 7) is 0.481. The molecular formula is C33H24N2O5S2. The molecule has 0 atom stereocenters. The molecule has 7 nitrogen and oxygen atoms in total. The van der Waals surface area contributed by atoms with Crippen LogP contribution in [0.25, 0.3) is 21.9 Å². The number of hydrogen-bond acceptors (Lipinski definition) is 6. The number of aliphatic carboxylic acids is 1. The average Bonchev–Trinajstić information content (AvgIpc) is 3.46. The number of para-hydroxylation sites is 1. The van der Waals surface area contributed by atoms with Gasteiger partial charge in [0.2, 0.25) is 0 Å². The predicted octanol–water partition coefficient (Wildman–Crippen LogP) is 6.15. The van der Waals surface area contributed by atoms with E-state index in [0.29, 0.717) is 51.8 Å². The third-order valence-electron chi connectivity index (χ3n) is 6.99. The standard InChI is InChI=1S/C33H24N2O5S2/c36-30(37)20-35-27-15-12-23(31(38)22-6-2-1-3-7-22)19-25(27)26(32(35)41)18-21-10-13-24(14-11-21)40-17-16-34-28-8-4-5-9-29(28)42-33(34)39/h1-15,18-19H,16-17,20H2,(H,36,37)/b26-18+. The zero-order chi connectivity index (χ0) is 29.2. The molecule has 0 saturated heterocycles. The summed E-state index contributed by atoms with van der Waals surface area (Å²) in [6, 6.07) is 29.4. The second-order valence-corrected chi connectivity index (χ2v) is 11.1. The number of aromatic nitrogens is 1. The van der Waals surface area contributed by atoms with E-state index < -0.39 is 5.97 Å². The fraction of sp³-hybridized carbons (Fsp3) is 0.0909. The molecule has 0 fully saturated rings. The third-order valence-corrected chi connectivity index (χ3v) is 8.39. The first-order valence-electron chi connectivity index (χ1n) is 13.2. The molecule has 1 aromatic heterocycles. The van der Waals surface area contributed by atoms with Crippen LogP contribution in [0.15, 0.2) is 102 Å². The Kier molecular flexibility index (Phi) is 7.52. The number of benzene rings is 4. The van der Waals surface area contributed by atoms with Crippen LogP contribution >= 0.6 is 23.6 Å². The molecular weight excluding hydrogens is 569 g/mol. The summed E-state index contributed by atoms with van der Waals surface area (Å²) in [6.07, 6.45) is 1.89. The van der Waals surface area contributed by atoms with Crippen LogP contribution in [0.2, 0.25) is 0 Å². The number of hydrogen-bond donors (Lipinski definition) is 1. The lowest BCUT2D eigenvalue weighted by molar-refractivity contribution is -0.135. The molecule has 1 aliphatic rings. The van der Waals surface area contributed by atoms with E-state index in [1.54, 1.807) is 39.8 Å². The molecule has 0 aliphatic carbocycles. The normalized spacial score (nSPS) is 13.5. The Morgan fingerprint density at radius 1 is 0.905 bits per heavy atom. The largest absolute Gasteiger partial charge is 0.492 e. The quantitative estimate of drug-likeness (QED) is 0.125. The van der Waals surface area contributed by atoms with E-state index in [1.807, 2.05) is 72.8 Å². The molecule has 2 heterocycles. The minimum atomic E-state index is -1.01. The Bertz CT molecular complexity index is 1920. The first-order chi connectivity index (χ1) is 20.4. The smallest absolute Gasteiger partial charge is 0.323 e. The van der Waals surface area contributed by atoms with Gasteiger partial charge in [-0.05, 0) is 54.1 Å². The van der Waals surface area contributed by atoms with Crippen molar-refractivity contribution in [1.29, 1.82) is 0 Å². The van der Waals surface area contributed by atoms with Gasteiger partial charge in [0.25, 0.3) is 0 Å².